The lowest BCUT2D eigenvalue weighted by molar-refractivity contribution is 0.327. The van der Waals surface area contributed by atoms with Crippen molar-refractivity contribution >= 4 is 0 Å². The Morgan fingerprint density at radius 1 is 0.944 bits per heavy atom. The van der Waals surface area contributed by atoms with Gasteiger partial charge in [0.05, 0.1) is 0 Å². The van der Waals surface area contributed by atoms with Crippen molar-refractivity contribution in [1.29, 1.82) is 0 Å². The van der Waals surface area contributed by atoms with E-state index in [4.69, 9.17) is 0 Å². The second-order valence-corrected chi connectivity index (χ2v) is 4.00. The maximum atomic E-state index is 3.12. The molecule has 0 unspecified atom stereocenters. The summed E-state index contributed by atoms with van der Waals surface area (Å²) in [5.41, 5.74) is 7.58. The van der Waals surface area contributed by atoms with E-state index in [2.05, 4.69) is 52.8 Å². The molecule has 1 heteroatoms. The molecule has 0 aliphatic rings. The van der Waals surface area contributed by atoms with Gasteiger partial charge in [0.15, 0.2) is 0 Å². The molecule has 94 valence electrons. The van der Waals surface area contributed by atoms with Crippen LogP contribution in [0.1, 0.15) is 19.4 Å². The molecule has 0 bridgehead atoms. The lowest BCUT2D eigenvalue weighted by atomic mass is 10.2. The highest BCUT2D eigenvalue weighted by molar-refractivity contribution is 5.14. The maximum absolute atomic E-state index is 3.12. The maximum Gasteiger partial charge on any atom is 0.0245 e. The minimum Gasteiger partial charge on any atom is -0.291 e. The second-order valence-electron chi connectivity index (χ2n) is 4.00. The summed E-state index contributed by atoms with van der Waals surface area (Å²) >= 11 is 0. The third kappa shape index (κ3) is 6.08. The van der Waals surface area contributed by atoms with Crippen LogP contribution in [0.3, 0.4) is 0 Å². The Bertz CT molecular complexity index is 420. The average Bonchev–Trinajstić information content (AvgIpc) is 2.40. The second kappa shape index (κ2) is 9.27. The molecule has 18 heavy (non-hydrogen) atoms. The van der Waals surface area contributed by atoms with Crippen LogP contribution in [0, 0.1) is 0 Å². The number of benzene rings is 1. The van der Waals surface area contributed by atoms with Gasteiger partial charge >= 0.3 is 0 Å². The van der Waals surface area contributed by atoms with Gasteiger partial charge in [0.2, 0.25) is 0 Å². The zero-order valence-corrected chi connectivity index (χ0v) is 11.3. The van der Waals surface area contributed by atoms with Gasteiger partial charge in [0, 0.05) is 19.6 Å². The SMILES string of the molecule is CC=C=CCN(CC=C=CC)Cc1ccccc1. The van der Waals surface area contributed by atoms with Crippen molar-refractivity contribution in [2.45, 2.75) is 20.4 Å². The Hall–Kier alpha value is -1.78. The van der Waals surface area contributed by atoms with Crippen LogP contribution in [-0.4, -0.2) is 18.0 Å². The predicted octanol–water partition coefficient (Wildman–Crippen LogP) is 3.95. The van der Waals surface area contributed by atoms with E-state index in [9.17, 15) is 0 Å². The zero-order valence-electron chi connectivity index (χ0n) is 11.3. The van der Waals surface area contributed by atoms with E-state index in [0.717, 1.165) is 19.6 Å². The molecule has 0 saturated carbocycles. The summed E-state index contributed by atoms with van der Waals surface area (Å²) in [6, 6.07) is 10.5. The average molecular weight is 239 g/mol. The zero-order chi connectivity index (χ0) is 13.1. The van der Waals surface area contributed by atoms with Crippen molar-refractivity contribution < 1.29 is 0 Å². The molecule has 0 saturated heterocycles. The minimum atomic E-state index is 0.904. The smallest absolute Gasteiger partial charge is 0.0245 e. The Morgan fingerprint density at radius 2 is 1.50 bits per heavy atom. The van der Waals surface area contributed by atoms with E-state index < -0.39 is 0 Å². The fraction of sp³-hybridized carbons (Fsp3) is 0.294. The summed E-state index contributed by atoms with van der Waals surface area (Å²) in [6.45, 7) is 6.72. The van der Waals surface area contributed by atoms with Crippen molar-refractivity contribution in [2.75, 3.05) is 13.1 Å². The van der Waals surface area contributed by atoms with Crippen LogP contribution in [-0.2, 0) is 6.54 Å². The van der Waals surface area contributed by atoms with Crippen LogP contribution in [0.4, 0.5) is 0 Å². The molecule has 0 atom stereocenters. The summed E-state index contributed by atoms with van der Waals surface area (Å²) in [7, 11) is 0. The van der Waals surface area contributed by atoms with Crippen LogP contribution >= 0.6 is 0 Å². The topological polar surface area (TPSA) is 3.24 Å². The highest BCUT2D eigenvalue weighted by Crippen LogP contribution is 2.04. The van der Waals surface area contributed by atoms with E-state index in [1.807, 2.05) is 32.1 Å². The van der Waals surface area contributed by atoms with Gasteiger partial charge < -0.3 is 0 Å². The lowest BCUT2D eigenvalue weighted by Gasteiger charge is -2.18. The third-order valence-corrected chi connectivity index (χ3v) is 2.52. The predicted molar refractivity (Wildman–Crippen MR) is 78.4 cm³/mol. The summed E-state index contributed by atoms with van der Waals surface area (Å²) in [5.74, 6) is 0. The Morgan fingerprint density at radius 3 is 2.00 bits per heavy atom. The van der Waals surface area contributed by atoms with E-state index in [1.165, 1.54) is 5.56 Å². The van der Waals surface area contributed by atoms with Crippen LogP contribution in [0.2, 0.25) is 0 Å². The van der Waals surface area contributed by atoms with Crippen LogP contribution < -0.4 is 0 Å². The van der Waals surface area contributed by atoms with E-state index in [1.54, 1.807) is 0 Å². The van der Waals surface area contributed by atoms with Crippen molar-refractivity contribution in [3.05, 3.63) is 71.7 Å². The number of rotatable bonds is 6. The molecular formula is C17H21N. The van der Waals surface area contributed by atoms with Crippen LogP contribution in [0.15, 0.2) is 66.1 Å². The monoisotopic (exact) mass is 239 g/mol. The Kier molecular flexibility index (Phi) is 7.36. The summed E-state index contributed by atoms with van der Waals surface area (Å²) in [5, 5.41) is 0. The molecule has 0 spiro atoms. The number of hydrogen-bond donors (Lipinski definition) is 0. The largest absolute Gasteiger partial charge is 0.291 e. The molecule has 1 aromatic rings. The summed E-state index contributed by atoms with van der Waals surface area (Å²) in [6.07, 6.45) is 7.99. The summed E-state index contributed by atoms with van der Waals surface area (Å²) in [4.78, 5) is 2.35. The van der Waals surface area contributed by atoms with Gasteiger partial charge in [-0.2, -0.15) is 0 Å². The molecule has 0 fully saturated rings. The first-order valence-corrected chi connectivity index (χ1v) is 6.34. The molecule has 0 amide bonds. The lowest BCUT2D eigenvalue weighted by Crippen LogP contribution is -2.23. The van der Waals surface area contributed by atoms with Crippen molar-refractivity contribution in [1.82, 2.24) is 4.90 Å². The molecule has 0 radical (unpaired) electrons. The van der Waals surface area contributed by atoms with E-state index in [0.29, 0.717) is 0 Å². The number of hydrogen-bond acceptors (Lipinski definition) is 1. The molecule has 1 nitrogen and oxygen atoms in total. The molecule has 0 N–H and O–H groups in total. The highest BCUT2D eigenvalue weighted by Gasteiger charge is 2.01. The van der Waals surface area contributed by atoms with E-state index >= 15 is 0 Å². The quantitative estimate of drug-likeness (QED) is 0.679. The fourth-order valence-corrected chi connectivity index (χ4v) is 1.64. The Labute approximate surface area is 110 Å². The van der Waals surface area contributed by atoms with Gasteiger partial charge in [-0.15, -0.1) is 11.5 Å². The molecular weight excluding hydrogens is 218 g/mol. The van der Waals surface area contributed by atoms with Gasteiger partial charge in [-0.3, -0.25) is 4.90 Å². The van der Waals surface area contributed by atoms with Gasteiger partial charge in [0.25, 0.3) is 0 Å². The normalized spacial score (nSPS) is 9.28. The Balaban J connectivity index is 2.64. The van der Waals surface area contributed by atoms with Crippen LogP contribution in [0.25, 0.3) is 0 Å². The molecule has 0 heterocycles. The first kappa shape index (κ1) is 14.3. The third-order valence-electron chi connectivity index (χ3n) is 2.52. The van der Waals surface area contributed by atoms with Crippen molar-refractivity contribution in [3.8, 4) is 0 Å². The van der Waals surface area contributed by atoms with Crippen molar-refractivity contribution in [3.63, 3.8) is 0 Å². The molecule has 1 aromatic carbocycles. The molecule has 0 aliphatic heterocycles. The number of nitrogens with zero attached hydrogens (tertiary/aromatic N) is 1. The minimum absolute atomic E-state index is 0.904. The van der Waals surface area contributed by atoms with Gasteiger partial charge in [-0.25, -0.2) is 0 Å². The molecule has 1 rings (SSSR count). The first-order valence-electron chi connectivity index (χ1n) is 6.34. The van der Waals surface area contributed by atoms with Crippen molar-refractivity contribution in [2.24, 2.45) is 0 Å². The first-order chi connectivity index (χ1) is 8.86. The molecule has 0 aromatic heterocycles. The van der Waals surface area contributed by atoms with Gasteiger partial charge in [0.1, 0.15) is 0 Å². The standard InChI is InChI=1S/C17H21N/c1-3-5-10-14-18(15-11-6-4-2)16-17-12-8-7-9-13-17/h3-4,7-13H,14-16H2,1-2H3. The highest BCUT2D eigenvalue weighted by atomic mass is 15.1. The fourth-order valence-electron chi connectivity index (χ4n) is 1.64. The van der Waals surface area contributed by atoms with Gasteiger partial charge in [-0.05, 0) is 43.7 Å². The van der Waals surface area contributed by atoms with Gasteiger partial charge in [-0.1, -0.05) is 30.3 Å². The van der Waals surface area contributed by atoms with Crippen LogP contribution in [0.5, 0.6) is 0 Å². The molecule has 0 aliphatic carbocycles. The summed E-state index contributed by atoms with van der Waals surface area (Å²) < 4.78 is 0. The van der Waals surface area contributed by atoms with E-state index in [-0.39, 0.29) is 0 Å².